The van der Waals surface area contributed by atoms with Gasteiger partial charge in [0.15, 0.2) is 0 Å². The van der Waals surface area contributed by atoms with Gasteiger partial charge in [-0.25, -0.2) is 0 Å². The number of hydrogen-bond donors (Lipinski definition) is 0. The van der Waals surface area contributed by atoms with Crippen molar-refractivity contribution in [2.75, 3.05) is 11.4 Å². The summed E-state index contributed by atoms with van der Waals surface area (Å²) < 4.78 is 0. The Morgan fingerprint density at radius 1 is 1.00 bits per heavy atom. The minimum atomic E-state index is 0.446. The molecule has 1 aliphatic heterocycles. The predicted octanol–water partition coefficient (Wildman–Crippen LogP) is 4.57. The van der Waals surface area contributed by atoms with E-state index in [0.717, 1.165) is 24.3 Å². The van der Waals surface area contributed by atoms with Gasteiger partial charge < -0.3 is 4.90 Å². The van der Waals surface area contributed by atoms with Gasteiger partial charge in [0.05, 0.1) is 17.9 Å². The van der Waals surface area contributed by atoms with Gasteiger partial charge in [0, 0.05) is 11.3 Å². The third-order valence-electron chi connectivity index (χ3n) is 6.45. The first-order valence-electron chi connectivity index (χ1n) is 8.63. The van der Waals surface area contributed by atoms with Crippen LogP contribution in [0.25, 0.3) is 0 Å². The zero-order valence-electron chi connectivity index (χ0n) is 12.9. The smallest absolute Gasteiger partial charge is 0.0863 e. The molecule has 0 spiro atoms. The quantitative estimate of drug-likeness (QED) is 0.736. The molecule has 6 rings (SSSR count). The highest BCUT2D eigenvalue weighted by Crippen LogP contribution is 2.59. The Hall–Kier alpha value is -1.31. The van der Waals surface area contributed by atoms with Crippen molar-refractivity contribution in [3.05, 3.63) is 24.3 Å². The van der Waals surface area contributed by atoms with Crippen molar-refractivity contribution in [3.8, 4) is 0 Å². The van der Waals surface area contributed by atoms with Crippen LogP contribution in [-0.2, 0) is 0 Å². The van der Waals surface area contributed by atoms with Crippen LogP contribution >= 0.6 is 0 Å². The number of nitrogens with zero attached hydrogens (tertiary/aromatic N) is 2. The van der Waals surface area contributed by atoms with Crippen molar-refractivity contribution in [2.45, 2.75) is 51.0 Å². The van der Waals surface area contributed by atoms with Crippen molar-refractivity contribution >= 4 is 17.1 Å². The summed E-state index contributed by atoms with van der Waals surface area (Å²) in [5.41, 5.74) is 4.31. The molecule has 0 saturated heterocycles. The monoisotopic (exact) mass is 280 g/mol. The van der Waals surface area contributed by atoms with Crippen molar-refractivity contribution in [1.82, 2.24) is 0 Å². The molecule has 2 nitrogen and oxygen atoms in total. The van der Waals surface area contributed by atoms with Crippen LogP contribution in [0.4, 0.5) is 11.4 Å². The van der Waals surface area contributed by atoms with Crippen LogP contribution in [0.3, 0.4) is 0 Å². The van der Waals surface area contributed by atoms with Gasteiger partial charge in [-0.3, -0.25) is 4.99 Å². The summed E-state index contributed by atoms with van der Waals surface area (Å²) in [4.78, 5) is 7.56. The molecule has 0 atom stereocenters. The third-order valence-corrected chi connectivity index (χ3v) is 6.45. The van der Waals surface area contributed by atoms with Gasteiger partial charge in [0.25, 0.3) is 0 Å². The number of rotatable bonds is 1. The van der Waals surface area contributed by atoms with Crippen LogP contribution < -0.4 is 4.90 Å². The molecule has 4 saturated carbocycles. The maximum Gasteiger partial charge on any atom is 0.0863 e. The van der Waals surface area contributed by atoms with E-state index in [1.54, 1.807) is 0 Å². The van der Waals surface area contributed by atoms with Gasteiger partial charge in [-0.15, -0.1) is 0 Å². The van der Waals surface area contributed by atoms with Gasteiger partial charge >= 0.3 is 0 Å². The summed E-state index contributed by atoms with van der Waals surface area (Å²) in [6, 6.07) is 8.79. The second-order valence-electron chi connectivity index (χ2n) is 8.06. The maximum absolute atomic E-state index is 4.80. The summed E-state index contributed by atoms with van der Waals surface area (Å²) in [5, 5.41) is 0. The minimum Gasteiger partial charge on any atom is -0.359 e. The van der Waals surface area contributed by atoms with Crippen LogP contribution in [0.2, 0.25) is 0 Å². The molecule has 0 aromatic heterocycles. The average Bonchev–Trinajstić information content (AvgIpc) is 2.45. The van der Waals surface area contributed by atoms with Gasteiger partial charge in [-0.2, -0.15) is 0 Å². The summed E-state index contributed by atoms with van der Waals surface area (Å²) >= 11 is 0. The van der Waals surface area contributed by atoms with Gasteiger partial charge in [0.1, 0.15) is 0 Å². The first-order chi connectivity index (χ1) is 10.2. The minimum absolute atomic E-state index is 0.446. The van der Waals surface area contributed by atoms with Gasteiger partial charge in [-0.1, -0.05) is 12.1 Å². The number of fused-ring (bicyclic) bond motifs is 1. The highest BCUT2D eigenvalue weighted by molar-refractivity contribution is 5.94. The standard InChI is InChI=1S/C19H24N2/c1-13-12-21(18-5-3-2-4-17(18)20-13)19-9-14-6-15(10-19)8-16(7-14)11-19/h2-5,14-16H,6-12H2,1H3. The van der Waals surface area contributed by atoms with E-state index < -0.39 is 0 Å². The van der Waals surface area contributed by atoms with Crippen molar-refractivity contribution in [2.24, 2.45) is 22.7 Å². The highest BCUT2D eigenvalue weighted by atomic mass is 15.2. The molecule has 2 heteroatoms. The predicted molar refractivity (Wildman–Crippen MR) is 87.5 cm³/mol. The molecule has 4 bridgehead atoms. The summed E-state index contributed by atoms with van der Waals surface area (Å²) in [7, 11) is 0. The molecule has 0 unspecified atom stereocenters. The van der Waals surface area contributed by atoms with Gasteiger partial charge in [0.2, 0.25) is 0 Å². The van der Waals surface area contributed by atoms with Crippen LogP contribution in [0, 0.1) is 17.8 Å². The van der Waals surface area contributed by atoms with E-state index in [-0.39, 0.29) is 0 Å². The SMILES string of the molecule is CC1=Nc2ccccc2N(C23CC4CC(CC(C4)C2)C3)C1. The normalized spacial score (nSPS) is 40.1. The lowest BCUT2D eigenvalue weighted by atomic mass is 9.52. The molecule has 0 N–H and O–H groups in total. The largest absolute Gasteiger partial charge is 0.359 e. The molecule has 0 radical (unpaired) electrons. The first kappa shape index (κ1) is 12.3. The molecule has 5 aliphatic rings. The molecule has 1 aromatic rings. The number of para-hydroxylation sites is 2. The number of hydrogen-bond acceptors (Lipinski definition) is 2. The van der Waals surface area contributed by atoms with Crippen LogP contribution in [0.5, 0.6) is 0 Å². The third kappa shape index (κ3) is 1.74. The first-order valence-corrected chi connectivity index (χ1v) is 8.63. The van der Waals surface area contributed by atoms with Gasteiger partial charge in [-0.05, 0) is 75.3 Å². The van der Waals surface area contributed by atoms with E-state index in [9.17, 15) is 0 Å². The van der Waals surface area contributed by atoms with E-state index in [4.69, 9.17) is 4.99 Å². The Morgan fingerprint density at radius 3 is 2.29 bits per heavy atom. The number of aliphatic imine (C=N–C) groups is 1. The maximum atomic E-state index is 4.80. The molecular formula is C19H24N2. The number of anilines is 1. The second-order valence-corrected chi connectivity index (χ2v) is 8.06. The fourth-order valence-electron chi connectivity index (χ4n) is 6.16. The average molecular weight is 280 g/mol. The fraction of sp³-hybridized carbons (Fsp3) is 0.632. The zero-order chi connectivity index (χ0) is 14.0. The lowest BCUT2D eigenvalue weighted by Crippen LogP contribution is -2.61. The fourth-order valence-corrected chi connectivity index (χ4v) is 6.16. The zero-order valence-corrected chi connectivity index (χ0v) is 12.9. The van der Waals surface area contributed by atoms with Crippen molar-refractivity contribution < 1.29 is 0 Å². The van der Waals surface area contributed by atoms with Crippen LogP contribution in [0.15, 0.2) is 29.3 Å². The van der Waals surface area contributed by atoms with E-state index in [2.05, 4.69) is 36.1 Å². The van der Waals surface area contributed by atoms with Crippen LogP contribution in [-0.4, -0.2) is 17.8 Å². The van der Waals surface area contributed by atoms with Crippen molar-refractivity contribution in [3.63, 3.8) is 0 Å². The Morgan fingerprint density at radius 2 is 1.62 bits per heavy atom. The van der Waals surface area contributed by atoms with Crippen molar-refractivity contribution in [1.29, 1.82) is 0 Å². The van der Waals surface area contributed by atoms with Crippen LogP contribution in [0.1, 0.15) is 45.4 Å². The Labute approximate surface area is 127 Å². The second kappa shape index (κ2) is 4.12. The topological polar surface area (TPSA) is 15.6 Å². The molecule has 0 amide bonds. The summed E-state index contributed by atoms with van der Waals surface area (Å²) in [5.74, 6) is 3.01. The van der Waals surface area contributed by atoms with E-state index >= 15 is 0 Å². The van der Waals surface area contributed by atoms with E-state index in [1.807, 2.05) is 0 Å². The molecule has 1 heterocycles. The molecule has 21 heavy (non-hydrogen) atoms. The molecule has 110 valence electrons. The highest BCUT2D eigenvalue weighted by Gasteiger charge is 2.54. The molecule has 1 aromatic carbocycles. The Kier molecular flexibility index (Phi) is 2.40. The lowest BCUT2D eigenvalue weighted by Gasteiger charge is -2.61. The Bertz CT molecular complexity index is 580. The van der Waals surface area contributed by atoms with E-state index in [0.29, 0.717) is 5.54 Å². The Balaban J connectivity index is 1.60. The summed E-state index contributed by atoms with van der Waals surface area (Å²) in [6.45, 7) is 3.24. The molecular weight excluding hydrogens is 256 g/mol. The molecule has 4 fully saturated rings. The molecule has 4 aliphatic carbocycles. The summed E-state index contributed by atoms with van der Waals surface area (Å²) in [6.07, 6.45) is 8.84. The lowest BCUT2D eigenvalue weighted by molar-refractivity contribution is -0.00306. The van der Waals surface area contributed by atoms with E-state index in [1.165, 1.54) is 55.6 Å². The number of benzene rings is 1.